The van der Waals surface area contributed by atoms with Crippen LogP contribution in [-0.2, 0) is 15.1 Å². The summed E-state index contributed by atoms with van der Waals surface area (Å²) in [5.41, 5.74) is 4.62. The molecule has 0 bridgehead atoms. The van der Waals surface area contributed by atoms with Gasteiger partial charge in [-0.1, -0.05) is 31.4 Å². The number of hydrogen-bond donors (Lipinski definition) is 3. The van der Waals surface area contributed by atoms with E-state index in [0.717, 1.165) is 30.6 Å². The molecule has 8 nitrogen and oxygen atoms in total. The maximum atomic E-state index is 12.9. The Morgan fingerprint density at radius 1 is 1.26 bits per heavy atom. The summed E-state index contributed by atoms with van der Waals surface area (Å²) in [4.78, 5) is 49.9. The predicted octanol–water partition coefficient (Wildman–Crippen LogP) is 1.00. The van der Waals surface area contributed by atoms with Crippen LogP contribution < -0.4 is 16.4 Å². The van der Waals surface area contributed by atoms with E-state index in [9.17, 15) is 19.2 Å². The van der Waals surface area contributed by atoms with E-state index < -0.39 is 23.4 Å². The van der Waals surface area contributed by atoms with Gasteiger partial charge in [0.15, 0.2) is 0 Å². The average molecular weight is 372 g/mol. The Kier molecular flexibility index (Phi) is 5.16. The minimum Gasteiger partial charge on any atom is -0.366 e. The topological polar surface area (TPSA) is 122 Å². The number of nitrogens with zero attached hydrogens (tertiary/aromatic N) is 1. The fourth-order valence-corrected chi connectivity index (χ4v) is 3.68. The minimum atomic E-state index is -1.35. The molecule has 1 aromatic carbocycles. The molecule has 2 fully saturated rings. The first-order valence-electron chi connectivity index (χ1n) is 9.15. The molecule has 1 aromatic rings. The van der Waals surface area contributed by atoms with Crippen molar-refractivity contribution in [3.63, 3.8) is 0 Å². The normalized spacial score (nSPS) is 23.2. The first-order valence-corrected chi connectivity index (χ1v) is 9.15. The Morgan fingerprint density at radius 3 is 2.63 bits per heavy atom. The third-order valence-corrected chi connectivity index (χ3v) is 5.27. The molecule has 0 unspecified atom stereocenters. The van der Waals surface area contributed by atoms with Gasteiger partial charge in [0.05, 0.1) is 0 Å². The van der Waals surface area contributed by atoms with E-state index in [-0.39, 0.29) is 24.1 Å². The molecule has 0 radical (unpaired) electrons. The van der Waals surface area contributed by atoms with Gasteiger partial charge in [0, 0.05) is 11.6 Å². The SMILES string of the molecule is C[C@]1(c2cccc(C(N)=O)c2)NC(=O)N(CC(=O)NC2CCCCC2)C1=O. The van der Waals surface area contributed by atoms with Gasteiger partial charge in [-0.2, -0.15) is 0 Å². The first kappa shape index (κ1) is 18.9. The molecular formula is C19H24N4O4. The predicted molar refractivity (Wildman–Crippen MR) is 97.6 cm³/mol. The molecule has 0 aromatic heterocycles. The van der Waals surface area contributed by atoms with Crippen LogP contribution in [0, 0.1) is 0 Å². The molecule has 1 aliphatic carbocycles. The number of rotatable bonds is 5. The van der Waals surface area contributed by atoms with Gasteiger partial charge >= 0.3 is 6.03 Å². The second kappa shape index (κ2) is 7.38. The standard InChI is InChI=1S/C19H24N4O4/c1-19(13-7-5-6-12(10-13)16(20)25)17(26)23(18(27)22-19)11-15(24)21-14-8-3-2-4-9-14/h5-7,10,14H,2-4,8-9,11H2,1H3,(H2,20,25)(H,21,24)(H,22,27)/t19-/m1/s1. The van der Waals surface area contributed by atoms with Gasteiger partial charge in [-0.25, -0.2) is 4.79 Å². The lowest BCUT2D eigenvalue weighted by molar-refractivity contribution is -0.135. The summed E-state index contributed by atoms with van der Waals surface area (Å²) in [5.74, 6) is -1.51. The molecule has 1 saturated carbocycles. The summed E-state index contributed by atoms with van der Waals surface area (Å²) in [5, 5.41) is 5.53. The van der Waals surface area contributed by atoms with Gasteiger partial charge < -0.3 is 16.4 Å². The van der Waals surface area contributed by atoms with Crippen molar-refractivity contribution in [3.8, 4) is 0 Å². The number of amides is 5. The van der Waals surface area contributed by atoms with Crippen molar-refractivity contribution in [1.29, 1.82) is 0 Å². The Hall–Kier alpha value is -2.90. The highest BCUT2D eigenvalue weighted by atomic mass is 16.2. The van der Waals surface area contributed by atoms with E-state index in [4.69, 9.17) is 5.73 Å². The zero-order valence-electron chi connectivity index (χ0n) is 15.3. The monoisotopic (exact) mass is 372 g/mol. The third kappa shape index (κ3) is 3.79. The summed E-state index contributed by atoms with van der Waals surface area (Å²) in [6, 6.07) is 5.71. The highest BCUT2D eigenvalue weighted by Gasteiger charge is 2.49. The molecule has 2 aliphatic rings. The summed E-state index contributed by atoms with van der Waals surface area (Å²) in [6.07, 6.45) is 5.15. The number of nitrogens with two attached hydrogens (primary N) is 1. The number of urea groups is 1. The van der Waals surface area contributed by atoms with Crippen LogP contribution >= 0.6 is 0 Å². The third-order valence-electron chi connectivity index (χ3n) is 5.27. The number of carbonyl (C=O) groups excluding carboxylic acids is 4. The van der Waals surface area contributed by atoms with Crippen LogP contribution in [-0.4, -0.2) is 41.2 Å². The second-order valence-corrected chi connectivity index (χ2v) is 7.29. The summed E-state index contributed by atoms with van der Waals surface area (Å²) in [6.45, 7) is 1.22. The molecule has 1 saturated heterocycles. The molecule has 1 atom stereocenters. The molecule has 27 heavy (non-hydrogen) atoms. The molecule has 5 amide bonds. The van der Waals surface area contributed by atoms with Gasteiger partial charge in [-0.3, -0.25) is 19.3 Å². The van der Waals surface area contributed by atoms with Crippen molar-refractivity contribution in [2.45, 2.75) is 50.6 Å². The molecule has 8 heteroatoms. The van der Waals surface area contributed by atoms with Crippen LogP contribution in [0.25, 0.3) is 0 Å². The van der Waals surface area contributed by atoms with Crippen molar-refractivity contribution in [2.24, 2.45) is 5.73 Å². The Bertz CT molecular complexity index is 788. The number of nitrogens with one attached hydrogen (secondary N) is 2. The van der Waals surface area contributed by atoms with Gasteiger partial charge in [0.1, 0.15) is 12.1 Å². The van der Waals surface area contributed by atoms with Crippen LogP contribution in [0.4, 0.5) is 4.79 Å². The molecule has 1 heterocycles. The quantitative estimate of drug-likeness (QED) is 0.668. The maximum absolute atomic E-state index is 12.9. The van der Waals surface area contributed by atoms with E-state index in [1.165, 1.54) is 18.6 Å². The van der Waals surface area contributed by atoms with Crippen molar-refractivity contribution in [1.82, 2.24) is 15.5 Å². The molecule has 4 N–H and O–H groups in total. The van der Waals surface area contributed by atoms with Gasteiger partial charge in [-0.05, 0) is 37.5 Å². The van der Waals surface area contributed by atoms with E-state index in [2.05, 4.69) is 10.6 Å². The van der Waals surface area contributed by atoms with E-state index in [1.54, 1.807) is 19.1 Å². The van der Waals surface area contributed by atoms with Crippen LogP contribution in [0.3, 0.4) is 0 Å². The minimum absolute atomic E-state index is 0.102. The summed E-state index contributed by atoms with van der Waals surface area (Å²) >= 11 is 0. The average Bonchev–Trinajstić information content (AvgIpc) is 2.87. The van der Waals surface area contributed by atoms with Crippen molar-refractivity contribution < 1.29 is 19.2 Å². The highest BCUT2D eigenvalue weighted by Crippen LogP contribution is 2.29. The van der Waals surface area contributed by atoms with Gasteiger partial charge in [0.25, 0.3) is 5.91 Å². The molecule has 0 spiro atoms. The number of imide groups is 1. The zero-order valence-corrected chi connectivity index (χ0v) is 15.3. The van der Waals surface area contributed by atoms with E-state index >= 15 is 0 Å². The lowest BCUT2D eigenvalue weighted by Crippen LogP contribution is -2.46. The molecule has 3 rings (SSSR count). The van der Waals surface area contributed by atoms with Crippen molar-refractivity contribution >= 4 is 23.8 Å². The number of carbonyl (C=O) groups is 4. The van der Waals surface area contributed by atoms with E-state index in [1.807, 2.05) is 0 Å². The fraction of sp³-hybridized carbons (Fsp3) is 0.474. The van der Waals surface area contributed by atoms with E-state index in [0.29, 0.717) is 5.56 Å². The van der Waals surface area contributed by atoms with Crippen molar-refractivity contribution in [3.05, 3.63) is 35.4 Å². The second-order valence-electron chi connectivity index (χ2n) is 7.29. The maximum Gasteiger partial charge on any atom is 0.325 e. The summed E-state index contributed by atoms with van der Waals surface area (Å²) < 4.78 is 0. The van der Waals surface area contributed by atoms with Gasteiger partial charge in [-0.15, -0.1) is 0 Å². The van der Waals surface area contributed by atoms with Crippen molar-refractivity contribution in [2.75, 3.05) is 6.54 Å². The van der Waals surface area contributed by atoms with Crippen LogP contribution in [0.15, 0.2) is 24.3 Å². The lowest BCUT2D eigenvalue weighted by atomic mass is 9.90. The Balaban J connectivity index is 1.73. The number of benzene rings is 1. The molecule has 144 valence electrons. The molecule has 1 aliphatic heterocycles. The highest BCUT2D eigenvalue weighted by molar-refractivity contribution is 6.09. The fourth-order valence-electron chi connectivity index (χ4n) is 3.68. The van der Waals surface area contributed by atoms with Gasteiger partial charge in [0.2, 0.25) is 11.8 Å². The van der Waals surface area contributed by atoms with Crippen LogP contribution in [0.5, 0.6) is 0 Å². The molecular weight excluding hydrogens is 348 g/mol. The smallest absolute Gasteiger partial charge is 0.325 e. The number of hydrogen-bond acceptors (Lipinski definition) is 4. The van der Waals surface area contributed by atoms with Crippen LogP contribution in [0.1, 0.15) is 54.9 Å². The summed E-state index contributed by atoms with van der Waals surface area (Å²) in [7, 11) is 0. The number of primary amides is 1. The van der Waals surface area contributed by atoms with Crippen LogP contribution in [0.2, 0.25) is 0 Å². The Morgan fingerprint density at radius 2 is 1.96 bits per heavy atom. The largest absolute Gasteiger partial charge is 0.366 e. The zero-order chi connectivity index (χ0) is 19.6. The lowest BCUT2D eigenvalue weighted by Gasteiger charge is -2.24. The first-order chi connectivity index (χ1) is 12.8. The Labute approximate surface area is 157 Å².